The fourth-order valence-electron chi connectivity index (χ4n) is 10.6. The maximum absolute atomic E-state index is 11.1. The lowest BCUT2D eigenvalue weighted by atomic mass is 9.98. The van der Waals surface area contributed by atoms with Crippen molar-refractivity contribution < 1.29 is 28.6 Å². The summed E-state index contributed by atoms with van der Waals surface area (Å²) in [4.78, 5) is 31.9. The maximum Gasteiger partial charge on any atom is 0.337 e. The lowest BCUT2D eigenvalue weighted by Gasteiger charge is -2.09. The van der Waals surface area contributed by atoms with Crippen LogP contribution < -0.4 is 4.74 Å². The average molecular weight is 1260 g/mol. The first-order chi connectivity index (χ1) is 44.6. The molecule has 0 atom stereocenters. The molecule has 0 fully saturated rings. The normalized spacial score (nSPS) is 10.3. The van der Waals surface area contributed by atoms with E-state index in [0.717, 1.165) is 52.6 Å². The number of aryl methyl sites for hydroxylation is 20. The Morgan fingerprint density at radius 1 is 0.298 bits per heavy atom. The van der Waals surface area contributed by atoms with Crippen molar-refractivity contribution in [3.8, 4) is 16.9 Å². The zero-order valence-corrected chi connectivity index (χ0v) is 60.2. The van der Waals surface area contributed by atoms with Gasteiger partial charge in [0.05, 0.1) is 12.7 Å². The predicted molar refractivity (Wildman–Crippen MR) is 395 cm³/mol. The average Bonchev–Trinajstić information content (AvgIpc) is 0.987. The molecule has 0 aromatic heterocycles. The molecular weight excluding hydrogens is 1150 g/mol. The molecule has 0 saturated heterocycles. The molecule has 0 aliphatic rings. The highest BCUT2D eigenvalue weighted by atomic mass is 16.5. The van der Waals surface area contributed by atoms with Gasteiger partial charge in [0.2, 0.25) is 0 Å². The minimum atomic E-state index is -0.276. The van der Waals surface area contributed by atoms with E-state index in [2.05, 4.69) is 261 Å². The molecule has 490 valence electrons. The summed E-state index contributed by atoms with van der Waals surface area (Å²) in [5, 5.41) is 0. The number of carbonyl (C=O) groups excluding carboxylic acids is 3. The summed E-state index contributed by atoms with van der Waals surface area (Å²) in [6.07, 6.45) is 2.77. The standard InChI is InChI=1S/C18H20O2.C17H18O2.C17H20.C16H18.C10H12O2.C10H14/c1-13-4-6-16(8-15(13)3)9-17-7-5-14(2)18(10-17)11-20-12-19;1-12-4-6-15(8-14(12)3)9-16-7-5-13(2)17(10-16)19-11-18;1-12-5-7-16(9-14(12)3)11-17-8-6-13(2)15(4)10-17;1-11-5-7-15(9-13(11)3)16-8-6-12(2)14(4)10-16;1-7-4-8(2)6-9(5-7)10(11)12-3;1-7-5-9(3)10(4)6-8(7)2/h4-8,10,12H,9,11H2,1-3H3;4-8,10-11H,9H2,1-3H3;5-10H,11H2,1-4H3;5-10H,1-4H3;4-6H,1-3H3;5-6H,1-4H3. The van der Waals surface area contributed by atoms with Crippen molar-refractivity contribution >= 4 is 18.9 Å². The van der Waals surface area contributed by atoms with Crippen molar-refractivity contribution in [2.75, 3.05) is 7.11 Å². The summed E-state index contributed by atoms with van der Waals surface area (Å²) < 4.78 is 14.4. The Morgan fingerprint density at radius 3 is 0.915 bits per heavy atom. The van der Waals surface area contributed by atoms with Crippen molar-refractivity contribution in [2.24, 2.45) is 0 Å². The summed E-state index contributed by atoms with van der Waals surface area (Å²) in [6, 6.07) is 62.3. The number of methoxy groups -OCH3 is 1. The second-order valence-corrected chi connectivity index (χ2v) is 25.7. The van der Waals surface area contributed by atoms with E-state index in [0.29, 0.717) is 30.9 Å². The Hall–Kier alpha value is -9.39. The lowest BCUT2D eigenvalue weighted by molar-refractivity contribution is -0.129. The van der Waals surface area contributed by atoms with E-state index < -0.39 is 0 Å². The third-order valence-corrected chi connectivity index (χ3v) is 17.8. The van der Waals surface area contributed by atoms with Gasteiger partial charge in [-0.25, -0.2) is 4.79 Å². The number of rotatable bonds is 13. The van der Waals surface area contributed by atoms with E-state index in [1.165, 1.54) is 135 Å². The molecule has 0 heterocycles. The molecule has 0 spiro atoms. The van der Waals surface area contributed by atoms with Crippen LogP contribution in [0.25, 0.3) is 11.1 Å². The Kier molecular flexibility index (Phi) is 29.4. The van der Waals surface area contributed by atoms with E-state index >= 15 is 0 Å². The molecule has 0 aliphatic carbocycles. The van der Waals surface area contributed by atoms with Crippen LogP contribution in [-0.4, -0.2) is 26.0 Å². The van der Waals surface area contributed by atoms with Gasteiger partial charge < -0.3 is 14.2 Å². The summed E-state index contributed by atoms with van der Waals surface area (Å²) in [7, 11) is 1.39. The van der Waals surface area contributed by atoms with Crippen LogP contribution in [0.1, 0.15) is 161 Å². The van der Waals surface area contributed by atoms with Crippen LogP contribution in [0.2, 0.25) is 0 Å². The molecule has 94 heavy (non-hydrogen) atoms. The monoisotopic (exact) mass is 1250 g/mol. The van der Waals surface area contributed by atoms with Crippen LogP contribution in [-0.2, 0) is 44.9 Å². The molecule has 10 aromatic carbocycles. The highest BCUT2D eigenvalue weighted by molar-refractivity contribution is 5.89. The predicted octanol–water partition coefficient (Wildman–Crippen LogP) is 21.7. The molecule has 0 N–H and O–H groups in total. The molecule has 10 aromatic rings. The molecule has 10 rings (SSSR count). The molecule has 0 unspecified atom stereocenters. The number of carbonyl (C=O) groups is 3. The Labute approximate surface area is 564 Å². The number of benzene rings is 10. The van der Waals surface area contributed by atoms with E-state index in [1.807, 2.05) is 58.0 Å². The van der Waals surface area contributed by atoms with Crippen LogP contribution >= 0.6 is 0 Å². The third kappa shape index (κ3) is 23.9. The fourth-order valence-corrected chi connectivity index (χ4v) is 10.6. The van der Waals surface area contributed by atoms with Gasteiger partial charge in [0.1, 0.15) is 12.4 Å². The largest absolute Gasteiger partial charge is 0.465 e. The number of hydrogen-bond donors (Lipinski definition) is 0. The minimum Gasteiger partial charge on any atom is -0.465 e. The van der Waals surface area contributed by atoms with Gasteiger partial charge in [-0.3, -0.25) is 9.59 Å². The zero-order chi connectivity index (χ0) is 69.3. The first-order valence-electron chi connectivity index (χ1n) is 32.5. The van der Waals surface area contributed by atoms with Gasteiger partial charge >= 0.3 is 5.97 Å². The van der Waals surface area contributed by atoms with Crippen LogP contribution in [0.15, 0.2) is 176 Å². The maximum atomic E-state index is 11.1. The minimum absolute atomic E-state index is 0.276. The quantitative estimate of drug-likeness (QED) is 0.0845. The van der Waals surface area contributed by atoms with Gasteiger partial charge in [0.15, 0.2) is 0 Å². The van der Waals surface area contributed by atoms with Crippen molar-refractivity contribution in [3.05, 3.63) is 332 Å². The van der Waals surface area contributed by atoms with Crippen molar-refractivity contribution in [1.29, 1.82) is 0 Å². The first kappa shape index (κ1) is 75.3. The van der Waals surface area contributed by atoms with Crippen molar-refractivity contribution in [3.63, 3.8) is 0 Å². The molecule has 0 aliphatic heterocycles. The van der Waals surface area contributed by atoms with E-state index in [4.69, 9.17) is 9.47 Å². The second-order valence-electron chi connectivity index (χ2n) is 25.7. The Balaban J connectivity index is 0.000000207. The molecule has 0 radical (unpaired) electrons. The van der Waals surface area contributed by atoms with Gasteiger partial charge in [0, 0.05) is 0 Å². The Bertz CT molecular complexity index is 4030. The van der Waals surface area contributed by atoms with E-state index in [9.17, 15) is 14.4 Å². The summed E-state index contributed by atoms with van der Waals surface area (Å²) in [5.74, 6) is 0.359. The van der Waals surface area contributed by atoms with E-state index in [-0.39, 0.29) is 5.97 Å². The second kappa shape index (κ2) is 36.7. The van der Waals surface area contributed by atoms with Gasteiger partial charge in [-0.15, -0.1) is 0 Å². The first-order valence-corrected chi connectivity index (χ1v) is 32.5. The highest BCUT2D eigenvalue weighted by Gasteiger charge is 2.09. The fraction of sp³-hybridized carbons (Fsp3) is 0.284. The third-order valence-electron chi connectivity index (χ3n) is 17.8. The topological polar surface area (TPSA) is 78.9 Å². The Morgan fingerprint density at radius 2 is 0.596 bits per heavy atom. The van der Waals surface area contributed by atoms with Crippen LogP contribution in [0, 0.1) is 138 Å². The van der Waals surface area contributed by atoms with Gasteiger partial charge in [-0.1, -0.05) is 169 Å². The summed E-state index contributed by atoms with van der Waals surface area (Å²) in [6.45, 7) is 43.6. The van der Waals surface area contributed by atoms with Gasteiger partial charge in [-0.2, -0.15) is 0 Å². The SMILES string of the molecule is COC(=O)c1cc(C)cc(C)c1.Cc1cc(C)c(C)cc1C.Cc1ccc(-c2ccc(C)c(C)c2)cc1C.Cc1ccc(Cc2ccc(C)c(C)c2)cc1C.Cc1ccc(Cc2ccc(C)c(COC=O)c2)cc1C.Cc1ccc(Cc2ccc(C)c(OC=O)c2)cc1C. The highest BCUT2D eigenvalue weighted by Crippen LogP contribution is 2.26. The molecule has 6 nitrogen and oxygen atoms in total. The number of ether oxygens (including phenoxy) is 3. The van der Waals surface area contributed by atoms with Gasteiger partial charge in [0.25, 0.3) is 12.9 Å². The van der Waals surface area contributed by atoms with Gasteiger partial charge in [-0.05, 0) is 326 Å². The van der Waals surface area contributed by atoms with Crippen LogP contribution in [0.3, 0.4) is 0 Å². The molecule has 0 bridgehead atoms. The number of hydrogen-bond acceptors (Lipinski definition) is 6. The molecule has 6 heteroatoms. The molecule has 0 amide bonds. The molecule has 0 saturated carbocycles. The smallest absolute Gasteiger partial charge is 0.337 e. The summed E-state index contributed by atoms with van der Waals surface area (Å²) >= 11 is 0. The summed E-state index contributed by atoms with van der Waals surface area (Å²) in [5.41, 5.74) is 38.1. The van der Waals surface area contributed by atoms with Crippen molar-refractivity contribution in [2.45, 2.75) is 164 Å². The zero-order valence-electron chi connectivity index (χ0n) is 60.2. The lowest BCUT2D eigenvalue weighted by Crippen LogP contribution is -2.01. The van der Waals surface area contributed by atoms with Crippen LogP contribution in [0.4, 0.5) is 0 Å². The van der Waals surface area contributed by atoms with E-state index in [1.54, 1.807) is 0 Å². The molecular formula is C88H102O6. The van der Waals surface area contributed by atoms with Crippen molar-refractivity contribution in [1.82, 2.24) is 0 Å². The number of esters is 1. The van der Waals surface area contributed by atoms with Crippen LogP contribution in [0.5, 0.6) is 5.75 Å².